The number of aryl methyl sites for hydroxylation is 2. The molecule has 3 aromatic heterocycles. The van der Waals surface area contributed by atoms with E-state index >= 15 is 0 Å². The largest absolute Gasteiger partial charge is 0.344 e. The van der Waals surface area contributed by atoms with Gasteiger partial charge in [-0.05, 0) is 62.4 Å². The molecule has 0 unspecified atom stereocenters. The quantitative estimate of drug-likeness (QED) is 0.376. The molecule has 31 heavy (non-hydrogen) atoms. The van der Waals surface area contributed by atoms with Gasteiger partial charge >= 0.3 is 0 Å². The number of fused-ring (bicyclic) bond motifs is 3. The lowest BCUT2D eigenvalue weighted by Gasteiger charge is -2.09. The van der Waals surface area contributed by atoms with Gasteiger partial charge in [-0.1, -0.05) is 23.7 Å². The molecule has 0 saturated heterocycles. The summed E-state index contributed by atoms with van der Waals surface area (Å²) in [6, 6.07) is 11.7. The van der Waals surface area contributed by atoms with Gasteiger partial charge in [-0.3, -0.25) is 9.56 Å². The Balaban J connectivity index is 1.75. The number of thiophene rings is 1. The highest BCUT2D eigenvalue weighted by atomic mass is 35.5. The molecule has 0 amide bonds. The minimum absolute atomic E-state index is 0.121. The molecule has 0 N–H and O–H groups in total. The van der Waals surface area contributed by atoms with Crippen LogP contribution in [0.5, 0.6) is 0 Å². The highest BCUT2D eigenvalue weighted by Crippen LogP contribution is 2.38. The lowest BCUT2D eigenvalue weighted by Crippen LogP contribution is -2.07. The summed E-state index contributed by atoms with van der Waals surface area (Å²) in [6.07, 6.45) is 2.00. The average molecular weight is 446 g/mol. The molecule has 1 atom stereocenters. The number of hydrogen-bond acceptors (Lipinski definition) is 4. The van der Waals surface area contributed by atoms with Crippen molar-refractivity contribution in [2.45, 2.75) is 26.8 Å². The van der Waals surface area contributed by atoms with E-state index in [0.717, 1.165) is 49.6 Å². The molecule has 0 aliphatic carbocycles. The molecule has 4 aromatic rings. The van der Waals surface area contributed by atoms with Crippen molar-refractivity contribution in [2.75, 3.05) is 0 Å². The molecule has 5 rings (SSSR count). The Kier molecular flexibility index (Phi) is 4.81. The van der Waals surface area contributed by atoms with Crippen LogP contribution >= 0.6 is 22.9 Å². The van der Waals surface area contributed by atoms with Crippen molar-refractivity contribution >= 4 is 28.6 Å². The fraction of sp³-hybridized carbons (Fsp3) is 0.208. The highest BCUT2D eigenvalue weighted by molar-refractivity contribution is 7.15. The summed E-state index contributed by atoms with van der Waals surface area (Å²) >= 11 is 7.81. The van der Waals surface area contributed by atoms with Gasteiger partial charge in [0.2, 0.25) is 0 Å². The molecule has 4 heterocycles. The zero-order chi connectivity index (χ0) is 21.7. The van der Waals surface area contributed by atoms with Crippen LogP contribution in [0, 0.1) is 25.7 Å². The standard InChI is InChI=1S/C24H20ClN5S/c1-14-20(12-11-19-6-5-13-29(19)4)31-24-21(14)22(17-7-9-18(25)10-8-17)26-15(2)23-28-27-16(3)30(23)24/h5-10,13,15H,1-4H3/t15-/m0/s1. The first-order chi connectivity index (χ1) is 14.9. The van der Waals surface area contributed by atoms with E-state index in [1.807, 2.05) is 61.1 Å². The van der Waals surface area contributed by atoms with Gasteiger partial charge in [-0.2, -0.15) is 0 Å². The molecule has 0 fully saturated rings. The van der Waals surface area contributed by atoms with Crippen LogP contribution in [0.25, 0.3) is 5.00 Å². The minimum Gasteiger partial charge on any atom is -0.344 e. The lowest BCUT2D eigenvalue weighted by atomic mass is 9.99. The summed E-state index contributed by atoms with van der Waals surface area (Å²) in [5.41, 5.74) is 5.13. The molecule has 1 aromatic carbocycles. The summed E-state index contributed by atoms with van der Waals surface area (Å²) in [7, 11) is 2.00. The smallest absolute Gasteiger partial charge is 0.162 e. The number of nitrogens with zero attached hydrogens (tertiary/aromatic N) is 5. The Hall–Kier alpha value is -3.14. The molecule has 0 radical (unpaired) electrons. The van der Waals surface area contributed by atoms with Gasteiger partial charge in [-0.15, -0.1) is 21.5 Å². The fourth-order valence-electron chi connectivity index (χ4n) is 3.81. The fourth-order valence-corrected chi connectivity index (χ4v) is 5.15. The highest BCUT2D eigenvalue weighted by Gasteiger charge is 2.29. The number of aliphatic imine (C=N–C) groups is 1. The molecule has 0 saturated carbocycles. The second-order valence-electron chi connectivity index (χ2n) is 7.59. The maximum atomic E-state index is 6.15. The zero-order valence-corrected chi connectivity index (χ0v) is 19.2. The van der Waals surface area contributed by atoms with Crippen molar-refractivity contribution < 1.29 is 0 Å². The molecular weight excluding hydrogens is 426 g/mol. The summed E-state index contributed by atoms with van der Waals surface area (Å²) in [5, 5.41) is 10.5. The first-order valence-electron chi connectivity index (χ1n) is 9.97. The number of halogens is 1. The van der Waals surface area contributed by atoms with Gasteiger partial charge in [0, 0.05) is 29.4 Å². The van der Waals surface area contributed by atoms with E-state index in [4.69, 9.17) is 16.6 Å². The van der Waals surface area contributed by atoms with Crippen LogP contribution < -0.4 is 0 Å². The van der Waals surface area contributed by atoms with Crippen molar-refractivity contribution in [1.29, 1.82) is 0 Å². The van der Waals surface area contributed by atoms with Crippen LogP contribution in [-0.4, -0.2) is 25.0 Å². The number of rotatable bonds is 1. The predicted octanol–water partition coefficient (Wildman–Crippen LogP) is 5.25. The van der Waals surface area contributed by atoms with Crippen LogP contribution in [0.15, 0.2) is 47.6 Å². The summed E-state index contributed by atoms with van der Waals surface area (Å²) < 4.78 is 4.14. The van der Waals surface area contributed by atoms with Crippen molar-refractivity contribution in [1.82, 2.24) is 19.3 Å². The maximum Gasteiger partial charge on any atom is 0.162 e. The van der Waals surface area contributed by atoms with Gasteiger partial charge in [0.25, 0.3) is 0 Å². The van der Waals surface area contributed by atoms with E-state index < -0.39 is 0 Å². The Morgan fingerprint density at radius 2 is 1.84 bits per heavy atom. The van der Waals surface area contributed by atoms with E-state index in [1.54, 1.807) is 11.3 Å². The summed E-state index contributed by atoms with van der Waals surface area (Å²) in [6.45, 7) is 6.15. The van der Waals surface area contributed by atoms with Crippen molar-refractivity contribution in [2.24, 2.45) is 12.0 Å². The van der Waals surface area contributed by atoms with Crippen LogP contribution in [0.3, 0.4) is 0 Å². The monoisotopic (exact) mass is 445 g/mol. The molecule has 1 aliphatic heterocycles. The summed E-state index contributed by atoms with van der Waals surface area (Å²) in [4.78, 5) is 6.09. The van der Waals surface area contributed by atoms with Gasteiger partial charge in [0.1, 0.15) is 16.9 Å². The third kappa shape index (κ3) is 3.31. The first-order valence-corrected chi connectivity index (χ1v) is 11.2. The molecule has 0 bridgehead atoms. The zero-order valence-electron chi connectivity index (χ0n) is 17.6. The average Bonchev–Trinajstić information content (AvgIpc) is 3.40. The Labute approximate surface area is 190 Å². The molecule has 0 spiro atoms. The molecular formula is C24H20ClN5S. The second kappa shape index (κ2) is 7.52. The Morgan fingerprint density at radius 3 is 2.55 bits per heavy atom. The van der Waals surface area contributed by atoms with E-state index in [0.29, 0.717) is 5.02 Å². The second-order valence-corrected chi connectivity index (χ2v) is 9.03. The minimum atomic E-state index is -0.121. The lowest BCUT2D eigenvalue weighted by molar-refractivity contribution is 0.724. The van der Waals surface area contributed by atoms with Gasteiger partial charge in [0.05, 0.1) is 16.3 Å². The topological polar surface area (TPSA) is 48.0 Å². The third-order valence-corrected chi connectivity index (χ3v) is 6.92. The van der Waals surface area contributed by atoms with E-state index in [2.05, 4.69) is 40.5 Å². The summed E-state index contributed by atoms with van der Waals surface area (Å²) in [5.74, 6) is 8.37. The van der Waals surface area contributed by atoms with Crippen molar-refractivity contribution in [3.63, 3.8) is 0 Å². The van der Waals surface area contributed by atoms with E-state index in [1.165, 1.54) is 0 Å². The SMILES string of the molecule is Cc1c(C#Cc2cccn2C)sc2c1C(c1ccc(Cl)cc1)=N[C@@H](C)c1nnc(C)n1-2. The predicted molar refractivity (Wildman–Crippen MR) is 126 cm³/mol. The van der Waals surface area contributed by atoms with Crippen molar-refractivity contribution in [3.8, 4) is 16.8 Å². The number of benzene rings is 1. The normalized spacial score (nSPS) is 14.9. The first kappa shape index (κ1) is 19.8. The molecule has 154 valence electrons. The van der Waals surface area contributed by atoms with Gasteiger partial charge < -0.3 is 4.57 Å². The Bertz CT molecular complexity index is 1390. The van der Waals surface area contributed by atoms with Gasteiger partial charge in [0.15, 0.2) is 5.82 Å². The van der Waals surface area contributed by atoms with Crippen LogP contribution in [0.1, 0.15) is 51.9 Å². The van der Waals surface area contributed by atoms with Crippen molar-refractivity contribution in [3.05, 3.63) is 86.5 Å². The third-order valence-electron chi connectivity index (χ3n) is 5.48. The van der Waals surface area contributed by atoms with Gasteiger partial charge in [-0.25, -0.2) is 0 Å². The van der Waals surface area contributed by atoms with Crippen LogP contribution in [0.2, 0.25) is 5.02 Å². The van der Waals surface area contributed by atoms with E-state index in [-0.39, 0.29) is 6.04 Å². The number of aromatic nitrogens is 4. The molecule has 7 heteroatoms. The molecule has 1 aliphatic rings. The number of hydrogen-bond donors (Lipinski definition) is 0. The van der Waals surface area contributed by atoms with Crippen LogP contribution in [0.4, 0.5) is 0 Å². The van der Waals surface area contributed by atoms with Crippen LogP contribution in [-0.2, 0) is 7.05 Å². The van der Waals surface area contributed by atoms with E-state index in [9.17, 15) is 0 Å². The Morgan fingerprint density at radius 1 is 1.06 bits per heavy atom. The maximum absolute atomic E-state index is 6.15. The molecule has 5 nitrogen and oxygen atoms in total.